The van der Waals surface area contributed by atoms with Crippen LogP contribution < -0.4 is 0 Å². The molecule has 3 rings (SSSR count). The smallest absolute Gasteiger partial charge is 0.225 e. The molecule has 1 aromatic heterocycles. The van der Waals surface area contributed by atoms with Crippen LogP contribution in [0.15, 0.2) is 36.4 Å². The molecule has 158 valence electrons. The molecule has 1 N–H and O–H groups in total. The first-order chi connectivity index (χ1) is 13.9. The molecule has 8 heteroatoms. The Morgan fingerprint density at radius 2 is 1.93 bits per heavy atom. The van der Waals surface area contributed by atoms with Crippen molar-refractivity contribution in [2.24, 2.45) is 5.92 Å². The minimum atomic E-state index is -3.15. The molecule has 0 unspecified atom stereocenters. The van der Waals surface area contributed by atoms with Crippen LogP contribution in [0.4, 0.5) is 0 Å². The van der Waals surface area contributed by atoms with E-state index < -0.39 is 10.0 Å². The average molecular weight is 419 g/mol. The van der Waals surface area contributed by atoms with E-state index in [-0.39, 0.29) is 17.6 Å². The highest BCUT2D eigenvalue weighted by Crippen LogP contribution is 2.22. The number of carbonyl (C=O) groups is 1. The highest BCUT2D eigenvalue weighted by Gasteiger charge is 2.31. The fourth-order valence-corrected chi connectivity index (χ4v) is 4.87. The van der Waals surface area contributed by atoms with Crippen molar-refractivity contribution in [3.05, 3.63) is 42.1 Å². The summed E-state index contributed by atoms with van der Waals surface area (Å²) in [6.07, 6.45) is 2.87. The lowest BCUT2D eigenvalue weighted by Gasteiger charge is -2.32. The van der Waals surface area contributed by atoms with Crippen LogP contribution in [0.25, 0.3) is 11.3 Å². The van der Waals surface area contributed by atoms with Gasteiger partial charge in [-0.25, -0.2) is 12.7 Å². The minimum absolute atomic E-state index is 0.0832. The number of aryl methyl sites for hydroxylation is 1. The highest BCUT2D eigenvalue weighted by atomic mass is 32.2. The molecule has 2 heterocycles. The quantitative estimate of drug-likeness (QED) is 0.714. The van der Waals surface area contributed by atoms with Gasteiger partial charge in [0.1, 0.15) is 0 Å². The Labute approximate surface area is 173 Å². The van der Waals surface area contributed by atoms with Crippen molar-refractivity contribution in [2.75, 3.05) is 32.4 Å². The Balaban J connectivity index is 1.44. The Morgan fingerprint density at radius 1 is 1.24 bits per heavy atom. The molecule has 1 aliphatic heterocycles. The van der Waals surface area contributed by atoms with Crippen molar-refractivity contribution in [1.82, 2.24) is 19.4 Å². The van der Waals surface area contributed by atoms with E-state index in [1.54, 1.807) is 11.8 Å². The van der Waals surface area contributed by atoms with E-state index in [0.717, 1.165) is 29.8 Å². The fourth-order valence-electron chi connectivity index (χ4n) is 3.74. The second kappa shape index (κ2) is 9.54. The molecule has 0 bridgehead atoms. The maximum Gasteiger partial charge on any atom is 0.225 e. The number of benzene rings is 1. The molecule has 0 spiro atoms. The Hall–Kier alpha value is -2.19. The van der Waals surface area contributed by atoms with Crippen LogP contribution in [0, 0.1) is 5.92 Å². The number of nitrogens with zero attached hydrogens (tertiary/aromatic N) is 3. The zero-order valence-corrected chi connectivity index (χ0v) is 18.0. The largest absolute Gasteiger partial charge is 0.346 e. The first-order valence-corrected chi connectivity index (χ1v) is 11.8. The number of sulfonamides is 1. The van der Waals surface area contributed by atoms with Crippen molar-refractivity contribution in [3.8, 4) is 11.3 Å². The summed E-state index contributed by atoms with van der Waals surface area (Å²) in [5, 5.41) is 7.45. The van der Waals surface area contributed by atoms with Crippen molar-refractivity contribution >= 4 is 15.9 Å². The van der Waals surface area contributed by atoms with Crippen LogP contribution in [0.1, 0.15) is 31.9 Å². The summed E-state index contributed by atoms with van der Waals surface area (Å²) < 4.78 is 25.4. The van der Waals surface area contributed by atoms with E-state index in [4.69, 9.17) is 0 Å². The number of hydrogen-bond acceptors (Lipinski definition) is 4. The normalized spacial score (nSPS) is 16.1. The van der Waals surface area contributed by atoms with Crippen LogP contribution in [0.3, 0.4) is 0 Å². The topological polar surface area (TPSA) is 86.4 Å². The lowest BCUT2D eigenvalue weighted by Crippen LogP contribution is -2.44. The maximum absolute atomic E-state index is 12.7. The molecule has 0 radical (unpaired) electrons. The Kier molecular flexibility index (Phi) is 7.08. The summed E-state index contributed by atoms with van der Waals surface area (Å²) in [5.74, 6) is 0.152. The number of piperidine rings is 1. The molecule has 1 aromatic carbocycles. The predicted octanol–water partition coefficient (Wildman–Crippen LogP) is 2.53. The number of aromatic amines is 1. The van der Waals surface area contributed by atoms with Gasteiger partial charge in [-0.1, -0.05) is 30.3 Å². The van der Waals surface area contributed by atoms with Crippen LogP contribution in [-0.2, 0) is 21.2 Å². The lowest BCUT2D eigenvalue weighted by atomic mass is 9.96. The number of carbonyl (C=O) groups excluding carboxylic acids is 1. The minimum Gasteiger partial charge on any atom is -0.346 e. The molecule has 2 aromatic rings. The van der Waals surface area contributed by atoms with Gasteiger partial charge in [0, 0.05) is 43.9 Å². The van der Waals surface area contributed by atoms with E-state index in [0.29, 0.717) is 32.5 Å². The van der Waals surface area contributed by atoms with Gasteiger partial charge in [0.05, 0.1) is 11.4 Å². The molecule has 0 atom stereocenters. The third-order valence-corrected chi connectivity index (χ3v) is 7.46. The van der Waals surface area contributed by atoms with E-state index >= 15 is 0 Å². The summed E-state index contributed by atoms with van der Waals surface area (Å²) in [7, 11) is -1.32. The lowest BCUT2D eigenvalue weighted by molar-refractivity contribution is -0.135. The molecule has 1 saturated heterocycles. The van der Waals surface area contributed by atoms with Gasteiger partial charge in [-0.05, 0) is 38.7 Å². The summed E-state index contributed by atoms with van der Waals surface area (Å²) >= 11 is 0. The van der Waals surface area contributed by atoms with Crippen molar-refractivity contribution in [1.29, 1.82) is 0 Å². The van der Waals surface area contributed by atoms with E-state index in [9.17, 15) is 13.2 Å². The summed E-state index contributed by atoms with van der Waals surface area (Å²) in [6, 6.07) is 12.1. The summed E-state index contributed by atoms with van der Waals surface area (Å²) in [5.41, 5.74) is 3.07. The third-order valence-electron chi connectivity index (χ3n) is 5.58. The van der Waals surface area contributed by atoms with Gasteiger partial charge < -0.3 is 4.90 Å². The van der Waals surface area contributed by atoms with Crippen LogP contribution >= 0.6 is 0 Å². The summed E-state index contributed by atoms with van der Waals surface area (Å²) in [6.45, 7) is 3.21. The maximum atomic E-state index is 12.7. The molecule has 1 aliphatic rings. The van der Waals surface area contributed by atoms with Crippen LogP contribution in [-0.4, -0.2) is 66.2 Å². The van der Waals surface area contributed by atoms with Crippen LogP contribution in [0.5, 0.6) is 0 Å². The molecule has 7 nitrogen and oxygen atoms in total. The monoisotopic (exact) mass is 418 g/mol. The Bertz CT molecular complexity index is 903. The van der Waals surface area contributed by atoms with E-state index in [1.165, 1.54) is 4.31 Å². The SMILES string of the molecule is CCS(=O)(=O)N1CCC(C(=O)N(C)CCCc2cc(-c3ccccc3)n[nH]2)CC1. The van der Waals surface area contributed by atoms with Gasteiger partial charge in [0.2, 0.25) is 15.9 Å². The van der Waals surface area contributed by atoms with E-state index in [1.807, 2.05) is 37.4 Å². The number of amides is 1. The van der Waals surface area contributed by atoms with Gasteiger partial charge >= 0.3 is 0 Å². The van der Waals surface area contributed by atoms with E-state index in [2.05, 4.69) is 16.3 Å². The number of nitrogens with one attached hydrogen (secondary N) is 1. The number of H-pyrrole nitrogens is 1. The second-order valence-corrected chi connectivity index (χ2v) is 9.84. The third kappa shape index (κ3) is 5.45. The van der Waals surface area contributed by atoms with Crippen molar-refractivity contribution in [3.63, 3.8) is 0 Å². The van der Waals surface area contributed by atoms with Gasteiger partial charge in [-0.3, -0.25) is 9.89 Å². The molecule has 1 amide bonds. The molecule has 0 saturated carbocycles. The molecule has 29 heavy (non-hydrogen) atoms. The zero-order valence-electron chi connectivity index (χ0n) is 17.2. The van der Waals surface area contributed by atoms with Gasteiger partial charge in [-0.15, -0.1) is 0 Å². The average Bonchev–Trinajstić information content (AvgIpc) is 3.23. The molecule has 1 fully saturated rings. The predicted molar refractivity (Wildman–Crippen MR) is 114 cm³/mol. The van der Waals surface area contributed by atoms with Crippen LogP contribution in [0.2, 0.25) is 0 Å². The molecule has 0 aliphatic carbocycles. The number of hydrogen-bond donors (Lipinski definition) is 1. The summed E-state index contributed by atoms with van der Waals surface area (Å²) in [4.78, 5) is 14.5. The molecular formula is C21H30N4O3S. The standard InChI is InChI=1S/C21H30N4O3S/c1-3-29(27,28)25-14-11-18(12-15-25)21(26)24(2)13-7-10-19-16-20(23-22-19)17-8-5-4-6-9-17/h4-6,8-9,16,18H,3,7,10-15H2,1-2H3,(H,22,23). The zero-order chi connectivity index (χ0) is 20.9. The fraction of sp³-hybridized carbons (Fsp3) is 0.524. The highest BCUT2D eigenvalue weighted by molar-refractivity contribution is 7.89. The molecular weight excluding hydrogens is 388 g/mol. The first kappa shape index (κ1) is 21.5. The first-order valence-electron chi connectivity index (χ1n) is 10.2. The second-order valence-electron chi connectivity index (χ2n) is 7.58. The Morgan fingerprint density at radius 3 is 2.59 bits per heavy atom. The van der Waals surface area contributed by atoms with Gasteiger partial charge in [0.15, 0.2) is 0 Å². The number of rotatable bonds is 8. The number of aromatic nitrogens is 2. The van der Waals surface area contributed by atoms with Crippen molar-refractivity contribution in [2.45, 2.75) is 32.6 Å². The van der Waals surface area contributed by atoms with Gasteiger partial charge in [0.25, 0.3) is 0 Å². The van der Waals surface area contributed by atoms with Crippen molar-refractivity contribution < 1.29 is 13.2 Å². The van der Waals surface area contributed by atoms with Gasteiger partial charge in [-0.2, -0.15) is 5.10 Å².